The minimum Gasteiger partial charge on any atom is -0.354 e. The van der Waals surface area contributed by atoms with Crippen LogP contribution >= 0.6 is 11.3 Å². The van der Waals surface area contributed by atoms with Gasteiger partial charge in [0.05, 0.1) is 17.9 Å². The van der Waals surface area contributed by atoms with Gasteiger partial charge in [-0.2, -0.15) is 18.4 Å². The predicted octanol–water partition coefficient (Wildman–Crippen LogP) is 6.35. The van der Waals surface area contributed by atoms with Crippen LogP contribution in [0.25, 0.3) is 16.3 Å². The monoisotopic (exact) mass is 537 g/mol. The molecule has 1 saturated carbocycles. The highest BCUT2D eigenvalue weighted by molar-refractivity contribution is 7.18. The molecule has 1 N–H and O–H groups in total. The van der Waals surface area contributed by atoms with Crippen molar-refractivity contribution in [1.29, 1.82) is 5.26 Å². The van der Waals surface area contributed by atoms with Crippen molar-refractivity contribution in [2.45, 2.75) is 64.2 Å². The van der Waals surface area contributed by atoms with E-state index in [4.69, 9.17) is 0 Å². The van der Waals surface area contributed by atoms with Gasteiger partial charge >= 0.3 is 6.18 Å². The number of halogens is 3. The van der Waals surface area contributed by atoms with E-state index in [1.807, 2.05) is 6.08 Å². The van der Waals surface area contributed by atoms with E-state index in [0.717, 1.165) is 47.7 Å². The zero-order valence-electron chi connectivity index (χ0n) is 21.3. The summed E-state index contributed by atoms with van der Waals surface area (Å²) in [6.07, 6.45) is 3.99. The van der Waals surface area contributed by atoms with Gasteiger partial charge in [-0.1, -0.05) is 37.8 Å². The molecule has 0 radical (unpaired) electrons. The highest BCUT2D eigenvalue weighted by Gasteiger charge is 2.40. The Morgan fingerprint density at radius 1 is 1.18 bits per heavy atom. The Bertz CT molecular complexity index is 1430. The van der Waals surface area contributed by atoms with Crippen LogP contribution < -0.4 is 10.2 Å². The largest absolute Gasteiger partial charge is 0.393 e. The lowest BCUT2D eigenvalue weighted by Crippen LogP contribution is -2.38. The summed E-state index contributed by atoms with van der Waals surface area (Å²) in [6, 6.07) is 8.50. The van der Waals surface area contributed by atoms with Crippen molar-refractivity contribution in [3.05, 3.63) is 57.2 Å². The van der Waals surface area contributed by atoms with Crippen molar-refractivity contribution in [3.8, 4) is 6.07 Å². The maximum Gasteiger partial charge on any atom is 0.393 e. The first kappa shape index (κ1) is 25.3. The zero-order chi connectivity index (χ0) is 26.4. The first-order valence-corrected chi connectivity index (χ1v) is 14.1. The summed E-state index contributed by atoms with van der Waals surface area (Å²) in [6.45, 7) is 4.48. The van der Waals surface area contributed by atoms with Crippen LogP contribution in [0.5, 0.6) is 0 Å². The molecule has 38 heavy (non-hydrogen) atoms. The second-order valence-electron chi connectivity index (χ2n) is 10.9. The number of thiophene rings is 1. The van der Waals surface area contributed by atoms with Crippen molar-refractivity contribution >= 4 is 33.4 Å². The molecule has 3 aromatic rings. The Morgan fingerprint density at radius 2 is 2.00 bits per heavy atom. The van der Waals surface area contributed by atoms with E-state index in [1.54, 1.807) is 6.07 Å². The van der Waals surface area contributed by atoms with E-state index < -0.39 is 12.6 Å². The van der Waals surface area contributed by atoms with Crippen LogP contribution in [-0.4, -0.2) is 35.3 Å². The number of hydrogen-bond donors (Lipinski definition) is 1. The van der Waals surface area contributed by atoms with Crippen LogP contribution in [0.2, 0.25) is 0 Å². The second-order valence-corrected chi connectivity index (χ2v) is 12.0. The topological polar surface area (TPSA) is 64.8 Å². The van der Waals surface area contributed by atoms with E-state index in [0.29, 0.717) is 23.1 Å². The van der Waals surface area contributed by atoms with Gasteiger partial charge in [-0.3, -0.25) is 0 Å². The second kappa shape index (κ2) is 9.97. The molecule has 198 valence electrons. The highest BCUT2D eigenvalue weighted by Crippen LogP contribution is 2.40. The summed E-state index contributed by atoms with van der Waals surface area (Å²) in [5.74, 6) is 1.84. The number of anilines is 1. The molecule has 9 heteroatoms. The molecule has 1 aliphatic heterocycles. The number of nitrogens with zero attached hydrogens (tertiary/aromatic N) is 4. The van der Waals surface area contributed by atoms with Gasteiger partial charge < -0.3 is 10.2 Å². The molecule has 1 aromatic carbocycles. The van der Waals surface area contributed by atoms with Gasteiger partial charge in [0, 0.05) is 42.5 Å². The van der Waals surface area contributed by atoms with E-state index in [-0.39, 0.29) is 10.9 Å². The molecule has 5 nitrogen and oxygen atoms in total. The average Bonchev–Trinajstić information content (AvgIpc) is 3.67. The summed E-state index contributed by atoms with van der Waals surface area (Å²) in [4.78, 5) is 12.0. The third-order valence-electron chi connectivity index (χ3n) is 8.52. The van der Waals surface area contributed by atoms with Crippen LogP contribution in [0.15, 0.2) is 30.1 Å². The Labute approximate surface area is 224 Å². The smallest absolute Gasteiger partial charge is 0.354 e. The molecular weight excluding hydrogens is 507 g/mol. The number of allylic oxidation sites excluding steroid dienone is 1. The first-order chi connectivity index (χ1) is 18.3. The Balaban J connectivity index is 1.24. The fourth-order valence-corrected chi connectivity index (χ4v) is 7.65. The SMILES string of the molecule is Cc1c(CNC2CN(c3ncnc4sc(CC(F)(F)F)cc34)CC2C2CCCC2)ccc2c1C=C(C#N)C2. The number of rotatable bonds is 6. The number of alkyl halides is 3. The number of nitrogens with one attached hydrogen (secondary N) is 1. The van der Waals surface area contributed by atoms with Crippen LogP contribution in [0.3, 0.4) is 0 Å². The van der Waals surface area contributed by atoms with Gasteiger partial charge in [-0.25, -0.2) is 9.97 Å². The summed E-state index contributed by atoms with van der Waals surface area (Å²) < 4.78 is 39.1. The number of nitriles is 1. The van der Waals surface area contributed by atoms with E-state index in [9.17, 15) is 18.4 Å². The highest BCUT2D eigenvalue weighted by atomic mass is 32.1. The van der Waals surface area contributed by atoms with Gasteiger partial charge in [-0.05, 0) is 53.2 Å². The molecule has 0 bridgehead atoms. The molecule has 0 spiro atoms. The number of fused-ring (bicyclic) bond motifs is 2. The Hall–Kier alpha value is -2.96. The molecule has 0 amide bonds. The van der Waals surface area contributed by atoms with Crippen molar-refractivity contribution in [2.24, 2.45) is 11.8 Å². The Morgan fingerprint density at radius 3 is 2.76 bits per heavy atom. The lowest BCUT2D eigenvalue weighted by molar-refractivity contribution is -0.126. The number of aromatic nitrogens is 2. The minimum atomic E-state index is -4.24. The van der Waals surface area contributed by atoms with Gasteiger partial charge in [0.1, 0.15) is 17.0 Å². The van der Waals surface area contributed by atoms with Gasteiger partial charge in [0.2, 0.25) is 0 Å². The molecule has 2 unspecified atom stereocenters. The molecule has 3 aliphatic rings. The third kappa shape index (κ3) is 4.92. The molecule has 1 saturated heterocycles. The van der Waals surface area contributed by atoms with Crippen molar-refractivity contribution < 1.29 is 13.2 Å². The third-order valence-corrected chi connectivity index (χ3v) is 9.56. The number of hydrogen-bond acceptors (Lipinski definition) is 6. The lowest BCUT2D eigenvalue weighted by atomic mass is 9.87. The maximum absolute atomic E-state index is 13.0. The average molecular weight is 538 g/mol. The fourth-order valence-electron chi connectivity index (χ4n) is 6.63. The van der Waals surface area contributed by atoms with Crippen LogP contribution in [0, 0.1) is 30.1 Å². The van der Waals surface area contributed by atoms with Gasteiger partial charge in [0.15, 0.2) is 0 Å². The van der Waals surface area contributed by atoms with Crippen LogP contribution in [-0.2, 0) is 19.4 Å². The van der Waals surface area contributed by atoms with Gasteiger partial charge in [-0.15, -0.1) is 11.3 Å². The summed E-state index contributed by atoms with van der Waals surface area (Å²) in [5, 5.41) is 13.9. The predicted molar refractivity (Wildman–Crippen MR) is 144 cm³/mol. The molecule has 2 aliphatic carbocycles. The van der Waals surface area contributed by atoms with Crippen LogP contribution in [0.1, 0.15) is 52.8 Å². The van der Waals surface area contributed by atoms with Crippen molar-refractivity contribution in [3.63, 3.8) is 0 Å². The van der Waals surface area contributed by atoms with Crippen LogP contribution in [0.4, 0.5) is 19.0 Å². The van der Waals surface area contributed by atoms with E-state index in [1.165, 1.54) is 54.3 Å². The maximum atomic E-state index is 13.0. The minimum absolute atomic E-state index is 0.259. The molecular formula is C29H30F3N5S. The first-order valence-electron chi connectivity index (χ1n) is 13.3. The molecule has 2 aromatic heterocycles. The standard InChI is InChI=1S/C29H30F3N5S/c1-17-21(7-6-20-8-18(12-33)9-23(17)20)13-34-26-15-37(14-25(26)19-4-2-3-5-19)27-24-10-22(11-29(30,31)32)38-28(24)36-16-35-27/h6-7,9-10,16,19,25-26,34H,2-5,8,11,13-15H2,1H3. The lowest BCUT2D eigenvalue weighted by Gasteiger charge is -2.25. The van der Waals surface area contributed by atoms with E-state index in [2.05, 4.69) is 45.3 Å². The normalized spacial score (nSPS) is 21.8. The van der Waals surface area contributed by atoms with Crippen molar-refractivity contribution in [1.82, 2.24) is 15.3 Å². The molecule has 6 rings (SSSR count). The number of benzene rings is 1. The summed E-state index contributed by atoms with van der Waals surface area (Å²) in [7, 11) is 0. The zero-order valence-corrected chi connectivity index (χ0v) is 22.1. The molecule has 2 fully saturated rings. The fraction of sp³-hybridized carbons (Fsp3) is 0.483. The summed E-state index contributed by atoms with van der Waals surface area (Å²) >= 11 is 1.11. The Kier molecular flexibility index (Phi) is 6.65. The molecule has 3 heterocycles. The quantitative estimate of drug-likeness (QED) is 0.397. The molecule has 2 atom stereocenters. The van der Waals surface area contributed by atoms with Crippen molar-refractivity contribution in [2.75, 3.05) is 18.0 Å². The van der Waals surface area contributed by atoms with E-state index >= 15 is 0 Å². The van der Waals surface area contributed by atoms with Gasteiger partial charge in [0.25, 0.3) is 0 Å². The summed E-state index contributed by atoms with van der Waals surface area (Å²) in [5.41, 5.74) is 5.66.